The van der Waals surface area contributed by atoms with Gasteiger partial charge in [-0.1, -0.05) is 200 Å². The first-order chi connectivity index (χ1) is 63.0. The molecule has 31 aromatic rings. The van der Waals surface area contributed by atoms with Gasteiger partial charge in [0.1, 0.15) is 0 Å². The number of fused-ring (bicyclic) bond motifs is 35. The number of hydrogen-bond donors (Lipinski definition) is 0. The molecular weight excluding hydrogens is 1560 g/mol. The maximum atomic E-state index is 5.32. The molecule has 31 rings (SSSR count). The van der Waals surface area contributed by atoms with Crippen LogP contribution in [-0.4, -0.2) is 69.2 Å². The van der Waals surface area contributed by atoms with Crippen LogP contribution in [0.4, 0.5) is 0 Å². The third-order valence-corrected chi connectivity index (χ3v) is 27.3. The van der Waals surface area contributed by atoms with E-state index in [4.69, 9.17) is 19.9 Å². The first-order valence-electron chi connectivity index (χ1n) is 43.2. The molecule has 13 aromatic heterocycles. The summed E-state index contributed by atoms with van der Waals surface area (Å²) >= 11 is 0. The van der Waals surface area contributed by atoms with E-state index in [0.717, 1.165) is 162 Å². The molecule has 18 aromatic carbocycles. The van der Waals surface area contributed by atoms with Crippen LogP contribution in [0.2, 0.25) is 0 Å². The lowest BCUT2D eigenvalue weighted by atomic mass is 10.0. The van der Waals surface area contributed by atoms with Crippen molar-refractivity contribution in [2.45, 2.75) is 0 Å². The number of para-hydroxylation sites is 15. The topological polar surface area (TPSA) is 103 Å². The quantitative estimate of drug-likeness (QED) is 0.159. The van der Waals surface area contributed by atoms with Gasteiger partial charge < -0.3 is 13.4 Å². The average molecular weight is 1620 g/mol. The van der Waals surface area contributed by atoms with E-state index in [1.54, 1.807) is 0 Å². The summed E-state index contributed by atoms with van der Waals surface area (Å²) in [4.78, 5) is 21.0. The van der Waals surface area contributed by atoms with Crippen LogP contribution in [-0.2, 0) is 0 Å². The van der Waals surface area contributed by atoms with Gasteiger partial charge in [-0.25, -0.2) is 19.9 Å². The molecule has 0 aliphatic heterocycles. The highest BCUT2D eigenvalue weighted by atomic mass is 15.2. The molecule has 0 spiro atoms. The summed E-state index contributed by atoms with van der Waals surface area (Å²) in [6.07, 6.45) is 0. The van der Waals surface area contributed by atoms with Gasteiger partial charge in [-0.2, -0.15) is 0 Å². The minimum absolute atomic E-state index is 0.880. The standard InChI is InChI=1S/C62H36N8.C50H29N7/c1-2-13-39(14-3-1)65-50-21-8-5-16-43(50)46-35-40(27-31-52(46)65)66-56-29-25-37(33-58(56)69-54-23-10-6-19-48(54)63-61(66)69)38-26-30-57-59(34-38)70-55-24-11-7-20-49(55)64-62(70)67(57)41-28-32-53-47(36-41)45-18-12-17-44-42-15-4-9-22-51(42)68(53)60(44)45;1-2-11-32(12-3-1)53-44-24-21-30(27-46(44)56-42-19-8-5-16-38(42)51-49(53)56)31-22-25-45-47(28-31)57-43-20-9-6-17-39(43)52-50(57)54(45)33-23-26-41-37(29-33)36-15-10-14-35-34-13-4-7-18-40(34)55(41)48(35)36/h1-36H;1-29H. The molecule has 0 amide bonds. The Labute approximate surface area is 718 Å². The van der Waals surface area contributed by atoms with Crippen LogP contribution in [0.5, 0.6) is 0 Å². The summed E-state index contributed by atoms with van der Waals surface area (Å²) in [5.41, 5.74) is 36.8. The summed E-state index contributed by atoms with van der Waals surface area (Å²) in [6.45, 7) is 0. The third-order valence-electron chi connectivity index (χ3n) is 27.3. The first-order valence-corrected chi connectivity index (χ1v) is 43.2. The van der Waals surface area contributed by atoms with Crippen LogP contribution in [0.1, 0.15) is 0 Å². The Bertz CT molecular complexity index is 10200. The highest BCUT2D eigenvalue weighted by Gasteiger charge is 2.28. The SMILES string of the molecule is c1ccc(-n2c3ccc(-c4ccc5c(c4)n4c6ccccc6nc4n5-c4ccc5c(c4)c4cccc6c7ccccc7n5c64)cc3n3c4ccccc4nc23)cc1.c1ccc(-n2c3ccccc3c3cc(-n4c5ccc(-c6ccc7c(c6)n6c8ccccc8nc6n7-c6ccc7c(c6)c6cccc8c9ccccc9n7c86)cc5n5c6ccccc6nc45)ccc32)cc1. The van der Waals surface area contributed by atoms with Crippen LogP contribution in [0.15, 0.2) is 394 Å². The minimum atomic E-state index is 0.880. The van der Waals surface area contributed by atoms with Gasteiger partial charge in [-0.15, -0.1) is 0 Å². The molecule has 0 fully saturated rings. The van der Waals surface area contributed by atoms with Crippen molar-refractivity contribution < 1.29 is 0 Å². The van der Waals surface area contributed by atoms with E-state index in [2.05, 4.69) is 444 Å². The maximum absolute atomic E-state index is 5.32. The van der Waals surface area contributed by atoms with Crippen molar-refractivity contribution in [2.24, 2.45) is 0 Å². The zero-order valence-corrected chi connectivity index (χ0v) is 67.7. The Morgan fingerprint density at radius 1 is 0.134 bits per heavy atom. The highest BCUT2D eigenvalue weighted by Crippen LogP contribution is 2.46. The summed E-state index contributed by atoms with van der Waals surface area (Å²) < 4.78 is 25.8. The zero-order valence-electron chi connectivity index (χ0n) is 67.7. The Kier molecular flexibility index (Phi) is 13.0. The molecule has 127 heavy (non-hydrogen) atoms. The van der Waals surface area contributed by atoms with Crippen molar-refractivity contribution in [3.8, 4) is 50.7 Å². The van der Waals surface area contributed by atoms with Crippen molar-refractivity contribution in [1.29, 1.82) is 0 Å². The summed E-state index contributed by atoms with van der Waals surface area (Å²) in [6, 6.07) is 143. The van der Waals surface area contributed by atoms with Crippen molar-refractivity contribution in [2.75, 3.05) is 0 Å². The molecule has 0 aliphatic rings. The van der Waals surface area contributed by atoms with Crippen molar-refractivity contribution in [3.63, 3.8) is 0 Å². The molecule has 0 unspecified atom stereocenters. The fourth-order valence-corrected chi connectivity index (χ4v) is 22.0. The summed E-state index contributed by atoms with van der Waals surface area (Å²) in [5.74, 6) is 3.56. The molecule has 0 N–H and O–H groups in total. The van der Waals surface area contributed by atoms with Gasteiger partial charge in [0, 0.05) is 82.3 Å². The number of imidazole rings is 8. The summed E-state index contributed by atoms with van der Waals surface area (Å²) in [5, 5.41) is 12.6. The Hall–Kier alpha value is -17.6. The third kappa shape index (κ3) is 8.95. The van der Waals surface area contributed by atoms with Crippen molar-refractivity contribution >= 4 is 209 Å². The number of hydrogen-bond acceptors (Lipinski definition) is 4. The first kappa shape index (κ1) is 67.1. The Morgan fingerprint density at radius 2 is 0.378 bits per heavy atom. The van der Waals surface area contributed by atoms with Gasteiger partial charge in [0.2, 0.25) is 23.1 Å². The minimum Gasteiger partial charge on any atom is -0.309 e. The largest absolute Gasteiger partial charge is 0.309 e. The van der Waals surface area contributed by atoms with Crippen molar-refractivity contribution in [1.82, 2.24) is 69.2 Å². The van der Waals surface area contributed by atoms with E-state index in [9.17, 15) is 0 Å². The Balaban J connectivity index is 0.000000126. The van der Waals surface area contributed by atoms with Gasteiger partial charge in [0.05, 0.1) is 132 Å². The lowest BCUT2D eigenvalue weighted by Crippen LogP contribution is -1.96. The normalized spacial score (nSPS) is 12.6. The molecule has 15 heteroatoms. The Morgan fingerprint density at radius 3 is 0.740 bits per heavy atom. The van der Waals surface area contributed by atoms with Crippen LogP contribution in [0, 0.1) is 0 Å². The zero-order chi connectivity index (χ0) is 82.3. The molecular formula is C112H65N15. The van der Waals surface area contributed by atoms with Crippen LogP contribution >= 0.6 is 0 Å². The second-order valence-corrected chi connectivity index (χ2v) is 33.8. The lowest BCUT2D eigenvalue weighted by molar-refractivity contribution is 1.11. The molecule has 0 saturated heterocycles. The van der Waals surface area contributed by atoms with Gasteiger partial charge in [-0.3, -0.25) is 35.9 Å². The molecule has 0 aliphatic carbocycles. The van der Waals surface area contributed by atoms with Crippen molar-refractivity contribution in [3.05, 3.63) is 394 Å². The van der Waals surface area contributed by atoms with Crippen LogP contribution in [0.25, 0.3) is 260 Å². The average Bonchev–Trinajstić information content (AvgIpc) is 1.55. The molecule has 0 radical (unpaired) electrons. The molecule has 15 nitrogen and oxygen atoms in total. The molecule has 588 valence electrons. The summed E-state index contributed by atoms with van der Waals surface area (Å²) in [7, 11) is 0. The maximum Gasteiger partial charge on any atom is 0.220 e. The van der Waals surface area contributed by atoms with Gasteiger partial charge in [0.25, 0.3) is 0 Å². The number of rotatable bonds is 7. The second kappa shape index (κ2) is 24.6. The van der Waals surface area contributed by atoms with E-state index in [1.807, 2.05) is 0 Å². The second-order valence-electron chi connectivity index (χ2n) is 33.8. The lowest BCUT2D eigenvalue weighted by Gasteiger charge is -2.10. The number of nitrogens with zero attached hydrogens (tertiary/aromatic N) is 15. The van der Waals surface area contributed by atoms with Gasteiger partial charge >= 0.3 is 0 Å². The molecule has 13 heterocycles. The highest BCUT2D eigenvalue weighted by molar-refractivity contribution is 6.25. The van der Waals surface area contributed by atoms with E-state index < -0.39 is 0 Å². The predicted molar refractivity (Wildman–Crippen MR) is 520 cm³/mol. The fraction of sp³-hybridized carbons (Fsp3) is 0. The molecule has 0 atom stereocenters. The van der Waals surface area contributed by atoms with Crippen LogP contribution in [0.3, 0.4) is 0 Å². The van der Waals surface area contributed by atoms with E-state index >= 15 is 0 Å². The van der Waals surface area contributed by atoms with Gasteiger partial charge in [-0.05, 0) is 216 Å². The van der Waals surface area contributed by atoms with E-state index in [-0.39, 0.29) is 0 Å². The molecule has 0 saturated carbocycles. The van der Waals surface area contributed by atoms with Gasteiger partial charge in [0.15, 0.2) is 0 Å². The predicted octanol–water partition coefficient (Wildman–Crippen LogP) is 27.1. The number of benzene rings is 18. The van der Waals surface area contributed by atoms with E-state index in [0.29, 0.717) is 0 Å². The number of aromatic nitrogens is 15. The molecule has 0 bridgehead atoms. The van der Waals surface area contributed by atoms with Crippen LogP contribution < -0.4 is 0 Å². The smallest absolute Gasteiger partial charge is 0.220 e. The monoisotopic (exact) mass is 1620 g/mol. The fourth-order valence-electron chi connectivity index (χ4n) is 22.0. The van der Waals surface area contributed by atoms with E-state index in [1.165, 1.54) is 98.0 Å².